The number of nitrogens with zero attached hydrogens (tertiary/aromatic N) is 1. The van der Waals surface area contributed by atoms with E-state index in [4.69, 9.17) is 4.74 Å². The maximum atomic E-state index is 11.7. The van der Waals surface area contributed by atoms with Crippen molar-refractivity contribution in [1.29, 1.82) is 0 Å². The summed E-state index contributed by atoms with van der Waals surface area (Å²) in [7, 11) is -0.162. The molecule has 2 heterocycles. The van der Waals surface area contributed by atoms with Crippen LogP contribution in [0.2, 0.25) is 0 Å². The van der Waals surface area contributed by atoms with Crippen LogP contribution in [-0.4, -0.2) is 22.9 Å². The first-order chi connectivity index (χ1) is 7.77. The zero-order valence-corrected chi connectivity index (χ0v) is 10.1. The van der Waals surface area contributed by atoms with E-state index in [9.17, 15) is 4.79 Å². The monoisotopic (exact) mass is 235 g/mol. The Balaban J connectivity index is 2.46. The lowest BCUT2D eigenvalue weighted by molar-refractivity contribution is -0.136. The van der Waals surface area contributed by atoms with Gasteiger partial charge in [-0.05, 0) is 31.4 Å². The van der Waals surface area contributed by atoms with Gasteiger partial charge in [-0.15, -0.1) is 10.5 Å². The van der Waals surface area contributed by atoms with Gasteiger partial charge in [-0.25, -0.2) is 9.78 Å². The summed E-state index contributed by atoms with van der Waals surface area (Å²) in [5.74, 6) is -0.256. The SMILES string of the molecule is CC=S1C=C(C(=O)OCC)c2cccnc21. The Labute approximate surface area is 97.1 Å². The minimum Gasteiger partial charge on any atom is -0.462 e. The highest BCUT2D eigenvalue weighted by atomic mass is 32.2. The lowest BCUT2D eigenvalue weighted by Crippen LogP contribution is -2.05. The second-order valence-electron chi connectivity index (χ2n) is 3.22. The number of esters is 1. The first kappa shape index (κ1) is 11.1. The molecule has 16 heavy (non-hydrogen) atoms. The molecule has 1 aromatic heterocycles. The molecule has 1 aliphatic heterocycles. The van der Waals surface area contributed by atoms with Crippen molar-refractivity contribution in [2.75, 3.05) is 6.61 Å². The number of ether oxygens (including phenoxy) is 1. The molecule has 3 nitrogen and oxygen atoms in total. The molecule has 84 valence electrons. The zero-order valence-electron chi connectivity index (χ0n) is 9.27. The van der Waals surface area contributed by atoms with Crippen LogP contribution in [0.25, 0.3) is 5.57 Å². The standard InChI is InChI=1S/C12H13NO2S/c1-3-15-12(14)10-8-16(4-2)11-9(10)6-5-7-13-11/h4-8H,3H2,1-2H3. The van der Waals surface area contributed by atoms with E-state index in [2.05, 4.69) is 10.4 Å². The zero-order chi connectivity index (χ0) is 11.5. The van der Waals surface area contributed by atoms with Gasteiger partial charge in [0.1, 0.15) is 5.03 Å². The van der Waals surface area contributed by atoms with E-state index >= 15 is 0 Å². The number of pyridine rings is 1. The third-order valence-electron chi connectivity index (χ3n) is 2.28. The summed E-state index contributed by atoms with van der Waals surface area (Å²) in [5.41, 5.74) is 1.55. The molecule has 1 aromatic rings. The van der Waals surface area contributed by atoms with Gasteiger partial charge in [0, 0.05) is 11.8 Å². The van der Waals surface area contributed by atoms with Gasteiger partial charge in [-0.3, -0.25) is 0 Å². The molecular formula is C12H13NO2S. The number of aromatic nitrogens is 1. The van der Waals surface area contributed by atoms with Gasteiger partial charge in [0.05, 0.1) is 12.2 Å². The first-order valence-electron chi connectivity index (χ1n) is 5.13. The van der Waals surface area contributed by atoms with Crippen LogP contribution >= 0.6 is 10.5 Å². The summed E-state index contributed by atoms with van der Waals surface area (Å²) in [6.45, 7) is 4.19. The topological polar surface area (TPSA) is 39.2 Å². The number of rotatable bonds is 2. The molecule has 1 atom stereocenters. The van der Waals surface area contributed by atoms with E-state index in [0.29, 0.717) is 12.2 Å². The Morgan fingerprint density at radius 1 is 1.62 bits per heavy atom. The molecule has 0 amide bonds. The van der Waals surface area contributed by atoms with Gasteiger partial charge < -0.3 is 4.74 Å². The van der Waals surface area contributed by atoms with E-state index in [0.717, 1.165) is 10.6 Å². The highest BCUT2D eigenvalue weighted by molar-refractivity contribution is 8.18. The molecule has 0 radical (unpaired) electrons. The fourth-order valence-electron chi connectivity index (χ4n) is 1.58. The molecule has 0 saturated carbocycles. The Kier molecular flexibility index (Phi) is 3.19. The van der Waals surface area contributed by atoms with Crippen molar-refractivity contribution in [3.8, 4) is 0 Å². The van der Waals surface area contributed by atoms with E-state index in [-0.39, 0.29) is 16.5 Å². The third kappa shape index (κ3) is 1.80. The Bertz CT molecular complexity index is 492. The van der Waals surface area contributed by atoms with Gasteiger partial charge in [-0.1, -0.05) is 5.37 Å². The highest BCUT2D eigenvalue weighted by Gasteiger charge is 2.24. The van der Waals surface area contributed by atoms with Crippen LogP contribution in [0.4, 0.5) is 0 Å². The molecule has 1 aliphatic rings. The predicted octanol–water partition coefficient (Wildman–Crippen LogP) is 2.45. The third-order valence-corrected chi connectivity index (χ3v) is 4.05. The van der Waals surface area contributed by atoms with Crippen molar-refractivity contribution < 1.29 is 9.53 Å². The van der Waals surface area contributed by atoms with Crippen LogP contribution in [0.5, 0.6) is 0 Å². The summed E-state index contributed by atoms with van der Waals surface area (Å²) in [4.78, 5) is 16.1. The summed E-state index contributed by atoms with van der Waals surface area (Å²) >= 11 is 0. The fourth-order valence-corrected chi connectivity index (χ4v) is 3.14. The lowest BCUT2D eigenvalue weighted by atomic mass is 10.1. The van der Waals surface area contributed by atoms with Crippen molar-refractivity contribution in [3.05, 3.63) is 29.3 Å². The van der Waals surface area contributed by atoms with Gasteiger partial charge in [-0.2, -0.15) is 0 Å². The normalized spacial score (nSPS) is 18.1. The average molecular weight is 235 g/mol. The maximum Gasteiger partial charge on any atom is 0.339 e. The number of hydrogen-bond donors (Lipinski definition) is 0. The predicted molar refractivity (Wildman–Crippen MR) is 66.4 cm³/mol. The number of carbonyl (C=O) groups is 1. The second kappa shape index (κ2) is 4.61. The van der Waals surface area contributed by atoms with Gasteiger partial charge in [0.2, 0.25) is 0 Å². The Hall–Kier alpha value is -1.42. The summed E-state index contributed by atoms with van der Waals surface area (Å²) in [6.07, 6.45) is 1.75. The quantitative estimate of drug-likeness (QED) is 0.584. The van der Waals surface area contributed by atoms with Gasteiger partial charge in [0.25, 0.3) is 0 Å². The molecule has 0 fully saturated rings. The van der Waals surface area contributed by atoms with Crippen molar-refractivity contribution in [2.45, 2.75) is 18.9 Å². The number of hydrogen-bond acceptors (Lipinski definition) is 3. The van der Waals surface area contributed by atoms with Crippen LogP contribution < -0.4 is 0 Å². The van der Waals surface area contributed by atoms with Gasteiger partial charge in [0.15, 0.2) is 0 Å². The average Bonchev–Trinajstić information content (AvgIpc) is 2.68. The van der Waals surface area contributed by atoms with Crippen LogP contribution in [-0.2, 0) is 9.53 Å². The Morgan fingerprint density at radius 2 is 2.44 bits per heavy atom. The van der Waals surface area contributed by atoms with E-state index in [1.54, 1.807) is 6.20 Å². The van der Waals surface area contributed by atoms with Crippen molar-refractivity contribution >= 4 is 27.4 Å². The van der Waals surface area contributed by atoms with E-state index in [1.807, 2.05) is 31.4 Å². The lowest BCUT2D eigenvalue weighted by Gasteiger charge is -2.03. The molecule has 0 aliphatic carbocycles. The van der Waals surface area contributed by atoms with Crippen molar-refractivity contribution in [3.63, 3.8) is 0 Å². The minimum absolute atomic E-state index is 0.162. The maximum absolute atomic E-state index is 11.7. The summed E-state index contributed by atoms with van der Waals surface area (Å²) < 4.78 is 5.03. The molecule has 0 aromatic carbocycles. The molecule has 0 N–H and O–H groups in total. The molecule has 0 saturated heterocycles. The number of carbonyl (C=O) groups excluding carboxylic acids is 1. The first-order valence-corrected chi connectivity index (χ1v) is 6.48. The molecule has 0 spiro atoms. The number of fused-ring (bicyclic) bond motifs is 1. The van der Waals surface area contributed by atoms with E-state index < -0.39 is 0 Å². The van der Waals surface area contributed by atoms with Crippen molar-refractivity contribution in [2.24, 2.45) is 0 Å². The molecule has 2 rings (SSSR count). The fraction of sp³-hybridized carbons (Fsp3) is 0.250. The summed E-state index contributed by atoms with van der Waals surface area (Å²) in [6, 6.07) is 3.76. The van der Waals surface area contributed by atoms with E-state index in [1.165, 1.54) is 0 Å². The molecule has 1 unspecified atom stereocenters. The van der Waals surface area contributed by atoms with Crippen LogP contribution in [0.3, 0.4) is 0 Å². The minimum atomic E-state index is -0.256. The highest BCUT2D eigenvalue weighted by Crippen LogP contribution is 2.41. The summed E-state index contributed by atoms with van der Waals surface area (Å²) in [5, 5.41) is 4.96. The van der Waals surface area contributed by atoms with Gasteiger partial charge >= 0.3 is 5.97 Å². The van der Waals surface area contributed by atoms with Crippen LogP contribution in [0, 0.1) is 0 Å². The van der Waals surface area contributed by atoms with Crippen LogP contribution in [0.1, 0.15) is 19.4 Å². The van der Waals surface area contributed by atoms with Crippen molar-refractivity contribution in [1.82, 2.24) is 4.98 Å². The Morgan fingerprint density at radius 3 is 3.12 bits per heavy atom. The molecule has 4 heteroatoms. The second-order valence-corrected chi connectivity index (χ2v) is 5.05. The van der Waals surface area contributed by atoms with Crippen LogP contribution in [0.15, 0.2) is 28.8 Å². The smallest absolute Gasteiger partial charge is 0.339 e. The molecule has 0 bridgehead atoms. The largest absolute Gasteiger partial charge is 0.462 e. The molecular weight excluding hydrogens is 222 g/mol.